The third-order valence-corrected chi connectivity index (χ3v) is 2.80. The van der Waals surface area contributed by atoms with Crippen LogP contribution in [0.4, 0.5) is 0 Å². The minimum absolute atomic E-state index is 0.498. The van der Waals surface area contributed by atoms with Gasteiger partial charge in [-0.25, -0.2) is 0 Å². The Labute approximate surface area is 99.3 Å². The van der Waals surface area contributed by atoms with Gasteiger partial charge < -0.3 is 5.11 Å². The molecule has 16 heavy (non-hydrogen) atoms. The topological polar surface area (TPSA) is 38.0 Å². The Balaban J connectivity index is 2.41. The number of aliphatic hydroxyl groups is 1. The fourth-order valence-corrected chi connectivity index (χ4v) is 1.93. The molecule has 3 nitrogen and oxygen atoms in total. The number of aromatic nitrogens is 2. The van der Waals surface area contributed by atoms with Crippen LogP contribution in [0, 0.1) is 0 Å². The summed E-state index contributed by atoms with van der Waals surface area (Å²) < 4.78 is 1.71. The van der Waals surface area contributed by atoms with E-state index in [2.05, 4.69) is 5.10 Å². The minimum Gasteiger partial charge on any atom is -0.382 e. The predicted molar refractivity (Wildman–Crippen MR) is 63.4 cm³/mol. The first-order valence-corrected chi connectivity index (χ1v) is 5.56. The molecular weight excluding hydrogens is 224 g/mol. The molecule has 0 amide bonds. The standard InChI is InChI=1S/C12H13ClN2O/c1-2-15-11(10(13)8-14-15)12(16)9-6-4-3-5-7-9/h3-8,12,16H,2H2,1H3. The SMILES string of the molecule is CCn1ncc(Cl)c1C(O)c1ccccc1. The minimum atomic E-state index is -0.726. The quantitative estimate of drug-likeness (QED) is 0.890. The molecule has 0 aliphatic rings. The van der Waals surface area contributed by atoms with E-state index in [9.17, 15) is 5.11 Å². The number of aliphatic hydroxyl groups excluding tert-OH is 1. The third kappa shape index (κ3) is 1.96. The molecule has 0 aliphatic carbocycles. The molecule has 1 atom stereocenters. The first kappa shape index (κ1) is 11.2. The van der Waals surface area contributed by atoms with E-state index in [0.717, 1.165) is 5.56 Å². The Morgan fingerprint density at radius 3 is 2.69 bits per heavy atom. The van der Waals surface area contributed by atoms with Crippen molar-refractivity contribution < 1.29 is 5.11 Å². The molecule has 0 bridgehead atoms. The van der Waals surface area contributed by atoms with Crippen molar-refractivity contribution in [3.05, 3.63) is 52.8 Å². The maximum atomic E-state index is 10.2. The lowest BCUT2D eigenvalue weighted by Gasteiger charge is -2.13. The van der Waals surface area contributed by atoms with Gasteiger partial charge in [-0.05, 0) is 12.5 Å². The van der Waals surface area contributed by atoms with Gasteiger partial charge in [0.05, 0.1) is 16.9 Å². The third-order valence-electron chi connectivity index (χ3n) is 2.51. The molecule has 0 spiro atoms. The highest BCUT2D eigenvalue weighted by Crippen LogP contribution is 2.27. The molecule has 0 aliphatic heterocycles. The molecule has 2 aromatic rings. The van der Waals surface area contributed by atoms with Gasteiger partial charge in [-0.15, -0.1) is 0 Å². The zero-order valence-corrected chi connectivity index (χ0v) is 9.72. The summed E-state index contributed by atoms with van der Waals surface area (Å²) >= 11 is 6.03. The van der Waals surface area contributed by atoms with E-state index in [-0.39, 0.29) is 0 Å². The van der Waals surface area contributed by atoms with Gasteiger partial charge in [0.2, 0.25) is 0 Å². The number of hydrogen-bond donors (Lipinski definition) is 1. The van der Waals surface area contributed by atoms with Gasteiger partial charge in [-0.1, -0.05) is 41.9 Å². The molecule has 0 fully saturated rings. The largest absolute Gasteiger partial charge is 0.382 e. The number of hydrogen-bond acceptors (Lipinski definition) is 2. The Morgan fingerprint density at radius 1 is 1.38 bits per heavy atom. The first-order chi connectivity index (χ1) is 7.74. The molecule has 0 radical (unpaired) electrons. The highest BCUT2D eigenvalue weighted by molar-refractivity contribution is 6.31. The summed E-state index contributed by atoms with van der Waals surface area (Å²) in [6.45, 7) is 2.65. The van der Waals surface area contributed by atoms with Crippen LogP contribution in [-0.2, 0) is 6.54 Å². The van der Waals surface area contributed by atoms with Gasteiger partial charge in [0, 0.05) is 6.54 Å². The summed E-state index contributed by atoms with van der Waals surface area (Å²) in [5, 5.41) is 14.8. The molecule has 84 valence electrons. The van der Waals surface area contributed by atoms with Crippen molar-refractivity contribution >= 4 is 11.6 Å². The number of halogens is 1. The van der Waals surface area contributed by atoms with Crippen LogP contribution in [0.1, 0.15) is 24.3 Å². The summed E-state index contributed by atoms with van der Waals surface area (Å²) in [4.78, 5) is 0. The first-order valence-electron chi connectivity index (χ1n) is 5.18. The molecule has 1 heterocycles. The van der Waals surface area contributed by atoms with Crippen molar-refractivity contribution in [1.29, 1.82) is 0 Å². The van der Waals surface area contributed by atoms with Gasteiger partial charge in [-0.2, -0.15) is 5.10 Å². The summed E-state index contributed by atoms with van der Waals surface area (Å²) in [5.74, 6) is 0. The smallest absolute Gasteiger partial charge is 0.122 e. The van der Waals surface area contributed by atoms with E-state index in [4.69, 9.17) is 11.6 Å². The Bertz CT molecular complexity index is 467. The molecule has 1 unspecified atom stereocenters. The molecule has 1 aromatic carbocycles. The van der Waals surface area contributed by atoms with Gasteiger partial charge in [0.15, 0.2) is 0 Å². The number of rotatable bonds is 3. The zero-order valence-electron chi connectivity index (χ0n) is 8.97. The molecule has 2 rings (SSSR count). The normalized spacial score (nSPS) is 12.7. The van der Waals surface area contributed by atoms with Crippen molar-refractivity contribution in [2.24, 2.45) is 0 Å². The fraction of sp³-hybridized carbons (Fsp3) is 0.250. The van der Waals surface area contributed by atoms with E-state index in [1.54, 1.807) is 10.9 Å². The van der Waals surface area contributed by atoms with Crippen LogP contribution < -0.4 is 0 Å². The monoisotopic (exact) mass is 236 g/mol. The number of nitrogens with zero attached hydrogens (tertiary/aromatic N) is 2. The average molecular weight is 237 g/mol. The molecule has 4 heteroatoms. The number of aryl methyl sites for hydroxylation is 1. The van der Waals surface area contributed by atoms with Crippen molar-refractivity contribution in [3.8, 4) is 0 Å². The van der Waals surface area contributed by atoms with E-state index in [0.29, 0.717) is 17.3 Å². The van der Waals surface area contributed by atoms with E-state index in [1.807, 2.05) is 37.3 Å². The zero-order chi connectivity index (χ0) is 11.5. The lowest BCUT2D eigenvalue weighted by atomic mass is 10.1. The summed E-state index contributed by atoms with van der Waals surface area (Å²) in [7, 11) is 0. The van der Waals surface area contributed by atoms with Crippen LogP contribution in [0.5, 0.6) is 0 Å². The average Bonchev–Trinajstić information content (AvgIpc) is 2.70. The summed E-state index contributed by atoms with van der Waals surface area (Å²) in [5.41, 5.74) is 1.47. The molecule has 1 N–H and O–H groups in total. The van der Waals surface area contributed by atoms with E-state index >= 15 is 0 Å². The van der Waals surface area contributed by atoms with Crippen LogP contribution in [-0.4, -0.2) is 14.9 Å². The number of benzene rings is 1. The van der Waals surface area contributed by atoms with Crippen molar-refractivity contribution in [1.82, 2.24) is 9.78 Å². The van der Waals surface area contributed by atoms with Crippen molar-refractivity contribution in [2.75, 3.05) is 0 Å². The van der Waals surface area contributed by atoms with Crippen molar-refractivity contribution in [3.63, 3.8) is 0 Å². The van der Waals surface area contributed by atoms with Crippen molar-refractivity contribution in [2.45, 2.75) is 19.6 Å². The van der Waals surface area contributed by atoms with Gasteiger partial charge >= 0.3 is 0 Å². The maximum absolute atomic E-state index is 10.2. The Morgan fingerprint density at radius 2 is 2.06 bits per heavy atom. The molecule has 1 aromatic heterocycles. The molecular formula is C12H13ClN2O. The second-order valence-electron chi connectivity index (χ2n) is 3.51. The lowest BCUT2D eigenvalue weighted by Crippen LogP contribution is -2.09. The highest BCUT2D eigenvalue weighted by atomic mass is 35.5. The second-order valence-corrected chi connectivity index (χ2v) is 3.91. The summed E-state index contributed by atoms with van der Waals surface area (Å²) in [6, 6.07) is 9.43. The van der Waals surface area contributed by atoms with Crippen LogP contribution in [0.2, 0.25) is 5.02 Å². The van der Waals surface area contributed by atoms with Crippen LogP contribution in [0.25, 0.3) is 0 Å². The van der Waals surface area contributed by atoms with Gasteiger partial charge in [0.25, 0.3) is 0 Å². The predicted octanol–water partition coefficient (Wildman–Crippen LogP) is 2.64. The maximum Gasteiger partial charge on any atom is 0.122 e. The highest BCUT2D eigenvalue weighted by Gasteiger charge is 2.18. The Hall–Kier alpha value is -1.32. The van der Waals surface area contributed by atoms with E-state index < -0.39 is 6.10 Å². The molecule has 0 saturated heterocycles. The van der Waals surface area contributed by atoms with Gasteiger partial charge in [0.1, 0.15) is 6.10 Å². The van der Waals surface area contributed by atoms with Crippen LogP contribution >= 0.6 is 11.6 Å². The van der Waals surface area contributed by atoms with Gasteiger partial charge in [-0.3, -0.25) is 4.68 Å². The summed E-state index contributed by atoms with van der Waals surface area (Å²) in [6.07, 6.45) is 0.836. The van der Waals surface area contributed by atoms with Crippen LogP contribution in [0.3, 0.4) is 0 Å². The van der Waals surface area contributed by atoms with Crippen LogP contribution in [0.15, 0.2) is 36.5 Å². The fourth-order valence-electron chi connectivity index (χ4n) is 1.69. The molecule has 0 saturated carbocycles. The lowest BCUT2D eigenvalue weighted by molar-refractivity contribution is 0.208. The second kappa shape index (κ2) is 4.68. The Kier molecular flexibility index (Phi) is 3.27. The van der Waals surface area contributed by atoms with E-state index in [1.165, 1.54) is 0 Å².